The molecule has 4 atom stereocenters. The van der Waals surface area contributed by atoms with Gasteiger partial charge in [-0.15, -0.1) is 0 Å². The summed E-state index contributed by atoms with van der Waals surface area (Å²) >= 11 is 9.79. The van der Waals surface area contributed by atoms with Gasteiger partial charge in [-0.3, -0.25) is 15.0 Å². The van der Waals surface area contributed by atoms with Crippen LogP contribution in [0, 0.1) is 11.7 Å². The van der Waals surface area contributed by atoms with Gasteiger partial charge in [0.1, 0.15) is 5.82 Å². The van der Waals surface area contributed by atoms with E-state index in [2.05, 4.69) is 21.4 Å². The van der Waals surface area contributed by atoms with Crippen molar-refractivity contribution in [3.63, 3.8) is 0 Å². The summed E-state index contributed by atoms with van der Waals surface area (Å²) in [5.74, 6) is -3.98. The minimum atomic E-state index is -1.67. The third-order valence-corrected chi connectivity index (χ3v) is 10.0. The number of amides is 2. The highest BCUT2D eigenvalue weighted by Crippen LogP contribution is 2.63. The zero-order valence-electron chi connectivity index (χ0n) is 24.4. The molecule has 4 aromatic rings. The SMILES string of the molecule is COc1cc(Br)cc([C@H]2C3=CCn4c(=O)n(C)c(=O)n4[C@@H]3C[C@H]3C(=O)N(Nc4ccc(F)cc4)C(=O)[C@@]23c2ccc(Cl)cc2)c1O. The first-order valence-electron chi connectivity index (χ1n) is 14.3. The third kappa shape index (κ3) is 4.14. The Morgan fingerprint density at radius 3 is 2.41 bits per heavy atom. The van der Waals surface area contributed by atoms with E-state index in [1.54, 1.807) is 42.5 Å². The van der Waals surface area contributed by atoms with Crippen molar-refractivity contribution in [1.29, 1.82) is 0 Å². The molecule has 0 radical (unpaired) electrons. The fraction of sp³-hybridized carbons (Fsp3) is 0.250. The molecule has 14 heteroatoms. The number of phenolic OH excluding ortho intramolecular Hbond substituents is 1. The number of anilines is 1. The second-order valence-electron chi connectivity index (χ2n) is 11.5. The molecule has 0 spiro atoms. The van der Waals surface area contributed by atoms with Gasteiger partial charge in [0.05, 0.1) is 36.7 Å². The molecule has 11 nitrogen and oxygen atoms in total. The summed E-state index contributed by atoms with van der Waals surface area (Å²) in [6.45, 7) is 0.0180. The molecule has 2 amide bonds. The molecule has 236 valence electrons. The van der Waals surface area contributed by atoms with Crippen LogP contribution in [-0.2, 0) is 28.6 Å². The van der Waals surface area contributed by atoms with Crippen LogP contribution in [0.3, 0.4) is 0 Å². The number of aromatic nitrogens is 3. The number of fused-ring (bicyclic) bond motifs is 4. The van der Waals surface area contributed by atoms with E-state index in [4.69, 9.17) is 16.3 Å². The van der Waals surface area contributed by atoms with Crippen molar-refractivity contribution in [2.45, 2.75) is 30.3 Å². The summed E-state index contributed by atoms with van der Waals surface area (Å²) in [5.41, 5.74) is 1.69. The van der Waals surface area contributed by atoms with Gasteiger partial charge in [0.15, 0.2) is 11.5 Å². The van der Waals surface area contributed by atoms with Crippen LogP contribution in [0.5, 0.6) is 11.5 Å². The van der Waals surface area contributed by atoms with Gasteiger partial charge in [0.25, 0.3) is 11.8 Å². The van der Waals surface area contributed by atoms with Crippen LogP contribution in [-0.4, -0.2) is 43.0 Å². The highest BCUT2D eigenvalue weighted by Gasteiger charge is 2.69. The molecular formula is C32H26BrClFN5O6. The fourth-order valence-corrected chi connectivity index (χ4v) is 7.92. The summed E-state index contributed by atoms with van der Waals surface area (Å²) in [7, 11) is 2.78. The Morgan fingerprint density at radius 1 is 1.04 bits per heavy atom. The summed E-state index contributed by atoms with van der Waals surface area (Å²) in [6, 6.07) is 14.2. The van der Waals surface area contributed by atoms with Crippen molar-refractivity contribution >= 4 is 45.0 Å². The number of ether oxygens (including phenoxy) is 1. The number of benzene rings is 3. The van der Waals surface area contributed by atoms with Crippen LogP contribution in [0.2, 0.25) is 5.02 Å². The predicted octanol–water partition coefficient (Wildman–Crippen LogP) is 4.24. The molecule has 1 saturated carbocycles. The topological polar surface area (TPSA) is 128 Å². The molecule has 2 fully saturated rings. The van der Waals surface area contributed by atoms with Crippen LogP contribution in [0.1, 0.15) is 29.5 Å². The van der Waals surface area contributed by atoms with E-state index in [0.29, 0.717) is 26.3 Å². The summed E-state index contributed by atoms with van der Waals surface area (Å²) in [6.07, 6.45) is 1.76. The first-order valence-corrected chi connectivity index (χ1v) is 15.5. The van der Waals surface area contributed by atoms with Crippen molar-refractivity contribution in [2.75, 3.05) is 12.5 Å². The largest absolute Gasteiger partial charge is 0.504 e. The molecule has 1 aromatic heterocycles. The quantitative estimate of drug-likeness (QED) is 0.235. The van der Waals surface area contributed by atoms with Gasteiger partial charge in [-0.2, -0.15) is 5.01 Å². The van der Waals surface area contributed by atoms with Crippen LogP contribution in [0.4, 0.5) is 10.1 Å². The standard InChI is InChI=1S/C32H26BrClFN5O6/c1-37-30(44)38-12-11-21-24(40(38)31(37)45)15-23-28(42)39(36-20-9-7-19(35)8-10-20)29(43)32(23,16-3-5-18(34)6-4-16)26(21)22-13-17(33)14-25(46-2)27(22)41/h3-11,13-14,23-24,26,36,41H,12,15H2,1-2H3/t23-,24+,26+,32+/m0/s1. The maximum absolute atomic E-state index is 15.1. The van der Waals surface area contributed by atoms with E-state index >= 15 is 4.79 Å². The Labute approximate surface area is 274 Å². The number of imide groups is 1. The minimum Gasteiger partial charge on any atom is -0.504 e. The molecule has 2 N–H and O–H groups in total. The number of aromatic hydroxyl groups is 1. The number of hydrazine groups is 1. The molecule has 2 aliphatic heterocycles. The first-order chi connectivity index (χ1) is 22.0. The smallest absolute Gasteiger partial charge is 0.347 e. The lowest BCUT2D eigenvalue weighted by molar-refractivity contribution is -0.138. The lowest BCUT2D eigenvalue weighted by Gasteiger charge is -2.49. The summed E-state index contributed by atoms with van der Waals surface area (Å²) in [5, 5.41) is 13.0. The van der Waals surface area contributed by atoms with E-state index in [9.17, 15) is 23.9 Å². The average molecular weight is 711 g/mol. The van der Waals surface area contributed by atoms with Crippen molar-refractivity contribution in [1.82, 2.24) is 18.9 Å². The highest BCUT2D eigenvalue weighted by atomic mass is 79.9. The first kappa shape index (κ1) is 30.1. The molecule has 3 aromatic carbocycles. The number of methoxy groups -OCH3 is 1. The second-order valence-corrected chi connectivity index (χ2v) is 12.9. The monoisotopic (exact) mass is 709 g/mol. The van der Waals surface area contributed by atoms with Crippen molar-refractivity contribution in [3.05, 3.63) is 120 Å². The van der Waals surface area contributed by atoms with Crippen molar-refractivity contribution in [3.8, 4) is 11.5 Å². The van der Waals surface area contributed by atoms with E-state index in [1.165, 1.54) is 47.8 Å². The van der Waals surface area contributed by atoms with Gasteiger partial charge in [0, 0.05) is 28.0 Å². The van der Waals surface area contributed by atoms with E-state index in [0.717, 1.165) is 9.58 Å². The van der Waals surface area contributed by atoms with Crippen molar-refractivity contribution < 1.29 is 23.8 Å². The van der Waals surface area contributed by atoms with E-state index in [1.807, 2.05) is 0 Å². The maximum atomic E-state index is 15.1. The van der Waals surface area contributed by atoms with Crippen LogP contribution in [0.15, 0.2) is 86.4 Å². The Kier molecular flexibility index (Phi) is 7.01. The average Bonchev–Trinajstić information content (AvgIpc) is 3.40. The predicted molar refractivity (Wildman–Crippen MR) is 169 cm³/mol. The molecule has 7 rings (SSSR count). The number of allylic oxidation sites excluding steroid dienone is 2. The number of hydrogen-bond acceptors (Lipinski definition) is 7. The molecule has 46 heavy (non-hydrogen) atoms. The maximum Gasteiger partial charge on any atom is 0.347 e. The highest BCUT2D eigenvalue weighted by molar-refractivity contribution is 9.10. The minimum absolute atomic E-state index is 0.0180. The molecule has 0 unspecified atom stereocenters. The zero-order chi connectivity index (χ0) is 32.7. The number of carbonyl (C=O) groups excluding carboxylic acids is 2. The lowest BCUT2D eigenvalue weighted by Crippen LogP contribution is -2.53. The number of nitrogens with one attached hydrogen (secondary N) is 1. The Hall–Kier alpha value is -4.62. The van der Waals surface area contributed by atoms with E-state index in [-0.39, 0.29) is 30.0 Å². The Morgan fingerprint density at radius 2 is 1.74 bits per heavy atom. The van der Waals surface area contributed by atoms with Gasteiger partial charge in [-0.05, 0) is 66.1 Å². The van der Waals surface area contributed by atoms with Crippen LogP contribution >= 0.6 is 27.5 Å². The van der Waals surface area contributed by atoms with Gasteiger partial charge in [-0.25, -0.2) is 27.9 Å². The number of phenols is 1. The molecule has 3 heterocycles. The normalized spacial score (nSPS) is 23.5. The molecule has 1 saturated heterocycles. The van der Waals surface area contributed by atoms with Crippen molar-refractivity contribution in [2.24, 2.45) is 13.0 Å². The summed E-state index contributed by atoms with van der Waals surface area (Å²) < 4.78 is 23.4. The van der Waals surface area contributed by atoms with Gasteiger partial charge in [0.2, 0.25) is 0 Å². The number of carbonyl (C=O) groups is 2. The van der Waals surface area contributed by atoms with Gasteiger partial charge < -0.3 is 9.84 Å². The van der Waals surface area contributed by atoms with Gasteiger partial charge in [-0.1, -0.05) is 45.7 Å². The Bertz CT molecular complexity index is 2090. The number of hydrogen-bond donors (Lipinski definition) is 2. The van der Waals surface area contributed by atoms with Crippen LogP contribution in [0.25, 0.3) is 0 Å². The number of rotatable bonds is 5. The van der Waals surface area contributed by atoms with E-state index < -0.39 is 52.3 Å². The second kappa shape index (κ2) is 10.7. The molecule has 1 aliphatic carbocycles. The molecular weight excluding hydrogens is 685 g/mol. The summed E-state index contributed by atoms with van der Waals surface area (Å²) in [4.78, 5) is 56.1. The van der Waals surface area contributed by atoms with Crippen LogP contribution < -0.4 is 21.5 Å². The molecule has 0 bridgehead atoms. The lowest BCUT2D eigenvalue weighted by atomic mass is 9.53. The fourth-order valence-electron chi connectivity index (χ4n) is 7.34. The zero-order valence-corrected chi connectivity index (χ0v) is 26.8. The number of halogens is 3. The Balaban J connectivity index is 1.54. The van der Waals surface area contributed by atoms with Gasteiger partial charge >= 0.3 is 11.4 Å². The molecule has 3 aliphatic rings. The third-order valence-electron chi connectivity index (χ3n) is 9.31. The number of nitrogens with zero attached hydrogens (tertiary/aromatic N) is 4.